The van der Waals surface area contributed by atoms with Crippen LogP contribution in [0.4, 0.5) is 65.9 Å². The van der Waals surface area contributed by atoms with Gasteiger partial charge in [-0.25, -0.2) is 18.2 Å². The van der Waals surface area contributed by atoms with E-state index in [0.29, 0.717) is 0 Å². The van der Waals surface area contributed by atoms with Crippen molar-refractivity contribution in [3.8, 4) is 0 Å². The summed E-state index contributed by atoms with van der Waals surface area (Å²) in [7, 11) is 0. The molecule has 0 N–H and O–H groups in total. The largest absolute Gasteiger partial charge is 0.437 e. The van der Waals surface area contributed by atoms with Crippen molar-refractivity contribution in [1.29, 1.82) is 0 Å². The molecule has 0 bridgehead atoms. The topological polar surface area (TPSA) is 12.4 Å². The van der Waals surface area contributed by atoms with Gasteiger partial charge in [-0.1, -0.05) is 0 Å². The molecule has 0 aliphatic carbocycles. The molecule has 1 nitrogen and oxygen atoms in total. The van der Waals surface area contributed by atoms with Crippen molar-refractivity contribution in [3.05, 3.63) is 11.5 Å². The molecule has 0 saturated heterocycles. The first-order valence-corrected chi connectivity index (χ1v) is 5.28. The number of hydrogen-bond donors (Lipinski definition) is 0. The number of allylic oxidation sites excluding steroid dienone is 2. The van der Waals surface area contributed by atoms with Crippen LogP contribution >= 0.6 is 0 Å². The highest BCUT2D eigenvalue weighted by molar-refractivity contribution is 6.11. The number of aliphatic imine (C=N–C) groups is 1. The van der Waals surface area contributed by atoms with E-state index in [-0.39, 0.29) is 0 Å². The Hall–Kier alpha value is -1.64. The lowest BCUT2D eigenvalue weighted by Crippen LogP contribution is -2.63. The first-order chi connectivity index (χ1) is 10.6. The molecule has 146 valence electrons. The fraction of sp³-hybridized carbons (Fsp3) is 0.667. The van der Waals surface area contributed by atoms with Crippen LogP contribution in [-0.4, -0.2) is 41.8 Å². The van der Waals surface area contributed by atoms with Crippen molar-refractivity contribution in [3.63, 3.8) is 0 Å². The summed E-state index contributed by atoms with van der Waals surface area (Å²) >= 11 is 0. The molecular weight excluding hydrogens is 407 g/mol. The van der Waals surface area contributed by atoms with Crippen LogP contribution in [-0.2, 0) is 0 Å². The van der Waals surface area contributed by atoms with Crippen LogP contribution in [0.15, 0.2) is 16.5 Å². The summed E-state index contributed by atoms with van der Waals surface area (Å²) in [6, 6.07) is 0. The fourth-order valence-electron chi connectivity index (χ4n) is 1.58. The van der Waals surface area contributed by atoms with Gasteiger partial charge in [0, 0.05) is 0 Å². The summed E-state index contributed by atoms with van der Waals surface area (Å²) in [6.07, 6.45) is -28.3. The third-order valence-electron chi connectivity index (χ3n) is 2.85. The number of rotatable bonds is 2. The molecule has 1 rings (SSSR count). The van der Waals surface area contributed by atoms with E-state index in [2.05, 4.69) is 0 Å². The van der Waals surface area contributed by atoms with Gasteiger partial charge in [-0.15, -0.1) is 0 Å². The molecule has 1 aliphatic heterocycles. The van der Waals surface area contributed by atoms with Crippen molar-refractivity contribution < 1.29 is 65.9 Å². The zero-order valence-corrected chi connectivity index (χ0v) is 10.6. The second-order valence-corrected chi connectivity index (χ2v) is 4.43. The summed E-state index contributed by atoms with van der Waals surface area (Å²) in [5, 5.41) is 0. The highest BCUT2D eigenvalue weighted by Gasteiger charge is 2.81. The van der Waals surface area contributed by atoms with Gasteiger partial charge in [-0.3, -0.25) is 0 Å². The summed E-state index contributed by atoms with van der Waals surface area (Å²) in [4.78, 5) is 1.30. The lowest BCUT2D eigenvalue weighted by molar-refractivity contribution is -0.328. The lowest BCUT2D eigenvalue weighted by atomic mass is 9.87. The maximum atomic E-state index is 13.3. The average molecular weight is 407 g/mol. The van der Waals surface area contributed by atoms with Crippen LogP contribution in [0.5, 0.6) is 0 Å². The van der Waals surface area contributed by atoms with Crippen molar-refractivity contribution >= 4 is 5.71 Å². The van der Waals surface area contributed by atoms with Gasteiger partial charge in [-0.2, -0.15) is 52.7 Å². The predicted molar refractivity (Wildman–Crippen MR) is 47.5 cm³/mol. The Morgan fingerprint density at radius 1 is 0.480 bits per heavy atom. The minimum Gasteiger partial charge on any atom is -0.243 e. The molecular formula is C9F15N. The Labute approximate surface area is 125 Å². The van der Waals surface area contributed by atoms with E-state index in [9.17, 15) is 65.9 Å². The first kappa shape index (κ1) is 21.4. The van der Waals surface area contributed by atoms with Gasteiger partial charge in [0.25, 0.3) is 0 Å². The van der Waals surface area contributed by atoms with Crippen molar-refractivity contribution in [2.24, 2.45) is 4.99 Å². The SMILES string of the molecule is FC1=C(C(F)(C(F)(F)F)C(F)(F)F)N=C1C(F)(C(F)(F)F)C(F)(F)F. The normalized spacial score (nSPS) is 18.3. The van der Waals surface area contributed by atoms with Gasteiger partial charge in [0.2, 0.25) is 0 Å². The summed E-state index contributed by atoms with van der Waals surface area (Å²) in [5.41, 5.74) is -20.5. The van der Waals surface area contributed by atoms with Gasteiger partial charge in [0.1, 0.15) is 11.4 Å². The molecule has 0 unspecified atom stereocenters. The van der Waals surface area contributed by atoms with Crippen LogP contribution in [0.2, 0.25) is 0 Å². The minimum absolute atomic E-state index is 1.30. The van der Waals surface area contributed by atoms with E-state index >= 15 is 0 Å². The summed E-state index contributed by atoms with van der Waals surface area (Å²) in [6.45, 7) is 0. The zero-order chi connectivity index (χ0) is 20.4. The molecule has 25 heavy (non-hydrogen) atoms. The quantitative estimate of drug-likeness (QED) is 0.552. The Bertz CT molecular complexity index is 581. The third-order valence-corrected chi connectivity index (χ3v) is 2.85. The van der Waals surface area contributed by atoms with E-state index in [1.807, 2.05) is 0 Å². The fourth-order valence-corrected chi connectivity index (χ4v) is 1.58. The summed E-state index contributed by atoms with van der Waals surface area (Å²) in [5.74, 6) is -3.70. The van der Waals surface area contributed by atoms with Crippen LogP contribution in [0.3, 0.4) is 0 Å². The second kappa shape index (κ2) is 5.18. The first-order valence-electron chi connectivity index (χ1n) is 5.28. The maximum absolute atomic E-state index is 13.3. The molecule has 0 aromatic heterocycles. The van der Waals surface area contributed by atoms with Gasteiger partial charge in [0.15, 0.2) is 5.83 Å². The van der Waals surface area contributed by atoms with Crippen molar-refractivity contribution in [2.75, 3.05) is 0 Å². The van der Waals surface area contributed by atoms with Crippen LogP contribution in [0.25, 0.3) is 0 Å². The molecule has 0 spiro atoms. The van der Waals surface area contributed by atoms with Crippen LogP contribution in [0.1, 0.15) is 0 Å². The Kier molecular flexibility index (Phi) is 4.44. The highest BCUT2D eigenvalue weighted by atomic mass is 19.4. The Morgan fingerprint density at radius 2 is 0.760 bits per heavy atom. The molecule has 1 heterocycles. The second-order valence-electron chi connectivity index (χ2n) is 4.43. The molecule has 0 saturated carbocycles. The molecule has 1 aliphatic rings. The number of alkyl halides is 14. The molecule has 0 radical (unpaired) electrons. The third kappa shape index (κ3) is 2.72. The predicted octanol–water partition coefficient (Wildman–Crippen LogP) is 5.29. The number of nitrogens with zero attached hydrogens (tertiary/aromatic N) is 1. The van der Waals surface area contributed by atoms with Gasteiger partial charge in [-0.05, 0) is 0 Å². The average Bonchev–Trinajstić information content (AvgIpc) is 2.30. The Balaban J connectivity index is 3.58. The van der Waals surface area contributed by atoms with E-state index in [1.54, 1.807) is 0 Å². The smallest absolute Gasteiger partial charge is 0.243 e. The molecule has 0 aromatic carbocycles. The van der Waals surface area contributed by atoms with E-state index in [4.69, 9.17) is 0 Å². The van der Waals surface area contributed by atoms with E-state index in [1.165, 1.54) is 4.99 Å². The minimum atomic E-state index is -7.07. The Morgan fingerprint density at radius 3 is 0.960 bits per heavy atom. The zero-order valence-electron chi connectivity index (χ0n) is 10.6. The highest BCUT2D eigenvalue weighted by Crippen LogP contribution is 2.57. The van der Waals surface area contributed by atoms with Gasteiger partial charge < -0.3 is 0 Å². The van der Waals surface area contributed by atoms with E-state index in [0.717, 1.165) is 0 Å². The molecule has 0 atom stereocenters. The number of hydrogen-bond acceptors (Lipinski definition) is 1. The van der Waals surface area contributed by atoms with Gasteiger partial charge >= 0.3 is 36.0 Å². The monoisotopic (exact) mass is 407 g/mol. The van der Waals surface area contributed by atoms with Crippen molar-refractivity contribution in [1.82, 2.24) is 0 Å². The summed E-state index contributed by atoms with van der Waals surface area (Å²) < 4.78 is 187. The molecule has 16 heteroatoms. The van der Waals surface area contributed by atoms with E-state index < -0.39 is 53.3 Å². The number of halogens is 15. The van der Waals surface area contributed by atoms with Gasteiger partial charge in [0.05, 0.1) is 0 Å². The molecule has 0 fully saturated rings. The van der Waals surface area contributed by atoms with Crippen LogP contribution < -0.4 is 0 Å². The lowest BCUT2D eigenvalue weighted by Gasteiger charge is -2.37. The van der Waals surface area contributed by atoms with Crippen molar-refractivity contribution in [2.45, 2.75) is 36.0 Å². The standard InChI is InChI=1S/C9F15N/c10-1-2(4(11,6(13,14)15)7(16,17)18)25-3(1)5(12,8(19,20)21)9(22,23)24. The maximum Gasteiger partial charge on any atom is 0.437 e. The molecule has 0 aromatic rings. The molecule has 0 amide bonds. The van der Waals surface area contributed by atoms with Crippen LogP contribution in [0, 0.1) is 0 Å².